The molecule has 1 aromatic carbocycles. The van der Waals surface area contributed by atoms with Crippen LogP contribution in [0.5, 0.6) is 0 Å². The van der Waals surface area contributed by atoms with Gasteiger partial charge in [-0.25, -0.2) is 0 Å². The Balaban J connectivity index is 2.06. The first-order valence-corrected chi connectivity index (χ1v) is 7.21. The Morgan fingerprint density at radius 1 is 1.17 bits per heavy atom. The first kappa shape index (κ1) is 16.6. The molecule has 2 N–H and O–H groups in total. The minimum atomic E-state index is -0.341. The molecule has 120 valence electrons. The minimum Gasteiger partial charge on any atom is -0.383 e. The third-order valence-corrected chi connectivity index (χ3v) is 3.12. The molecule has 0 aliphatic carbocycles. The molecule has 1 heterocycles. The van der Waals surface area contributed by atoms with Crippen molar-refractivity contribution in [3.05, 3.63) is 59.4 Å². The van der Waals surface area contributed by atoms with Crippen LogP contribution in [0.2, 0.25) is 0 Å². The number of methoxy groups -OCH3 is 1. The molecule has 2 rings (SSSR count). The summed E-state index contributed by atoms with van der Waals surface area (Å²) >= 11 is 0. The first-order valence-electron chi connectivity index (χ1n) is 7.21. The van der Waals surface area contributed by atoms with Crippen LogP contribution in [0, 0.1) is 6.92 Å². The molecule has 2 aromatic rings. The van der Waals surface area contributed by atoms with Crippen LogP contribution in [-0.2, 0) is 4.74 Å². The van der Waals surface area contributed by atoms with E-state index in [0.717, 1.165) is 5.56 Å². The van der Waals surface area contributed by atoms with Gasteiger partial charge in [0.25, 0.3) is 11.8 Å². The van der Waals surface area contributed by atoms with Gasteiger partial charge < -0.3 is 15.4 Å². The Morgan fingerprint density at radius 2 is 2.00 bits per heavy atom. The van der Waals surface area contributed by atoms with Gasteiger partial charge in [-0.3, -0.25) is 14.6 Å². The Hall–Kier alpha value is -2.73. The zero-order chi connectivity index (χ0) is 16.7. The second kappa shape index (κ2) is 8.05. The predicted molar refractivity (Wildman–Crippen MR) is 87.6 cm³/mol. The lowest BCUT2D eigenvalue weighted by atomic mass is 10.2. The van der Waals surface area contributed by atoms with Crippen LogP contribution in [0.1, 0.15) is 26.4 Å². The summed E-state index contributed by atoms with van der Waals surface area (Å²) in [5, 5.41) is 5.46. The van der Waals surface area contributed by atoms with Crippen LogP contribution < -0.4 is 10.6 Å². The third-order valence-electron chi connectivity index (χ3n) is 3.12. The standard InChI is InChI=1S/C17H19N3O3/c1-12-4-3-5-14(10-12)20-16(21)13-6-7-18-15(11-13)17(22)19-8-9-23-2/h3-7,10-11H,8-9H2,1-2H3,(H,19,22)(H,20,21). The summed E-state index contributed by atoms with van der Waals surface area (Å²) in [6.45, 7) is 2.75. The van der Waals surface area contributed by atoms with Crippen molar-refractivity contribution >= 4 is 17.5 Å². The number of carbonyl (C=O) groups excluding carboxylic acids is 2. The maximum atomic E-state index is 12.3. The zero-order valence-electron chi connectivity index (χ0n) is 13.1. The molecule has 0 bridgehead atoms. The lowest BCUT2D eigenvalue weighted by molar-refractivity contribution is 0.0932. The van der Waals surface area contributed by atoms with Gasteiger partial charge in [-0.2, -0.15) is 0 Å². The van der Waals surface area contributed by atoms with Gasteiger partial charge in [-0.05, 0) is 36.8 Å². The number of benzene rings is 1. The summed E-state index contributed by atoms with van der Waals surface area (Å²) in [5.74, 6) is -0.629. The highest BCUT2D eigenvalue weighted by atomic mass is 16.5. The maximum Gasteiger partial charge on any atom is 0.269 e. The third kappa shape index (κ3) is 4.89. The number of ether oxygens (including phenoxy) is 1. The SMILES string of the molecule is COCCNC(=O)c1cc(C(=O)Nc2cccc(C)c2)ccn1. The highest BCUT2D eigenvalue weighted by Gasteiger charge is 2.11. The molecule has 1 aromatic heterocycles. The predicted octanol–water partition coefficient (Wildman–Crippen LogP) is 2.02. The van der Waals surface area contributed by atoms with Gasteiger partial charge in [-0.1, -0.05) is 12.1 Å². The van der Waals surface area contributed by atoms with E-state index in [9.17, 15) is 9.59 Å². The lowest BCUT2D eigenvalue weighted by Gasteiger charge is -2.08. The molecule has 0 aliphatic rings. The van der Waals surface area contributed by atoms with Crippen molar-refractivity contribution < 1.29 is 14.3 Å². The second-order valence-corrected chi connectivity index (χ2v) is 5.00. The van der Waals surface area contributed by atoms with E-state index in [4.69, 9.17) is 4.74 Å². The van der Waals surface area contributed by atoms with Crippen LogP contribution in [0.4, 0.5) is 5.69 Å². The summed E-state index contributed by atoms with van der Waals surface area (Å²) in [4.78, 5) is 28.2. The zero-order valence-corrected chi connectivity index (χ0v) is 13.1. The smallest absolute Gasteiger partial charge is 0.269 e. The van der Waals surface area contributed by atoms with Crippen LogP contribution >= 0.6 is 0 Å². The summed E-state index contributed by atoms with van der Waals surface area (Å²) in [6.07, 6.45) is 1.44. The van der Waals surface area contributed by atoms with E-state index in [1.165, 1.54) is 12.3 Å². The van der Waals surface area contributed by atoms with Crippen LogP contribution in [-0.4, -0.2) is 37.1 Å². The van der Waals surface area contributed by atoms with Gasteiger partial charge in [-0.15, -0.1) is 0 Å². The molecule has 6 nitrogen and oxygen atoms in total. The van der Waals surface area contributed by atoms with Crippen molar-refractivity contribution in [2.24, 2.45) is 0 Å². The van der Waals surface area contributed by atoms with Crippen molar-refractivity contribution in [1.82, 2.24) is 10.3 Å². The summed E-state index contributed by atoms with van der Waals surface area (Å²) in [7, 11) is 1.56. The molecule has 0 saturated carbocycles. The largest absolute Gasteiger partial charge is 0.383 e. The lowest BCUT2D eigenvalue weighted by Crippen LogP contribution is -2.28. The Morgan fingerprint density at radius 3 is 2.74 bits per heavy atom. The molecule has 0 fully saturated rings. The van der Waals surface area contributed by atoms with Crippen molar-refractivity contribution in [3.8, 4) is 0 Å². The highest BCUT2D eigenvalue weighted by Crippen LogP contribution is 2.12. The molecule has 0 atom stereocenters. The summed E-state index contributed by atoms with van der Waals surface area (Å²) in [6, 6.07) is 10.5. The Bertz CT molecular complexity index is 701. The number of aromatic nitrogens is 1. The molecular weight excluding hydrogens is 294 g/mol. The molecule has 0 spiro atoms. The quantitative estimate of drug-likeness (QED) is 0.800. The molecule has 6 heteroatoms. The molecule has 0 saturated heterocycles. The second-order valence-electron chi connectivity index (χ2n) is 5.00. The number of hydrogen-bond acceptors (Lipinski definition) is 4. The summed E-state index contributed by atoms with van der Waals surface area (Å²) in [5.41, 5.74) is 2.32. The summed E-state index contributed by atoms with van der Waals surface area (Å²) < 4.78 is 4.87. The molecule has 23 heavy (non-hydrogen) atoms. The number of rotatable bonds is 6. The minimum absolute atomic E-state index is 0.193. The number of pyridine rings is 1. The van der Waals surface area contributed by atoms with Gasteiger partial charge in [0, 0.05) is 31.1 Å². The number of nitrogens with one attached hydrogen (secondary N) is 2. The van der Waals surface area contributed by atoms with Crippen molar-refractivity contribution in [3.63, 3.8) is 0 Å². The monoisotopic (exact) mass is 313 g/mol. The van der Waals surface area contributed by atoms with E-state index < -0.39 is 0 Å². The fourth-order valence-corrected chi connectivity index (χ4v) is 1.98. The Labute approximate surface area is 134 Å². The van der Waals surface area contributed by atoms with Crippen LogP contribution in [0.15, 0.2) is 42.6 Å². The van der Waals surface area contributed by atoms with Crippen LogP contribution in [0.3, 0.4) is 0 Å². The number of hydrogen-bond donors (Lipinski definition) is 2. The van der Waals surface area contributed by atoms with Crippen molar-refractivity contribution in [2.75, 3.05) is 25.6 Å². The topological polar surface area (TPSA) is 80.3 Å². The number of nitrogens with zero attached hydrogens (tertiary/aromatic N) is 1. The van der Waals surface area contributed by atoms with Gasteiger partial charge in [0.1, 0.15) is 5.69 Å². The van der Waals surface area contributed by atoms with E-state index in [1.54, 1.807) is 13.2 Å². The van der Waals surface area contributed by atoms with E-state index in [0.29, 0.717) is 24.4 Å². The van der Waals surface area contributed by atoms with E-state index in [-0.39, 0.29) is 17.5 Å². The van der Waals surface area contributed by atoms with Gasteiger partial charge in [0.15, 0.2) is 0 Å². The normalized spacial score (nSPS) is 10.2. The van der Waals surface area contributed by atoms with Crippen molar-refractivity contribution in [1.29, 1.82) is 0 Å². The maximum absolute atomic E-state index is 12.3. The van der Waals surface area contributed by atoms with E-state index >= 15 is 0 Å². The average molecular weight is 313 g/mol. The fourth-order valence-electron chi connectivity index (χ4n) is 1.98. The Kier molecular flexibility index (Phi) is 5.82. The van der Waals surface area contributed by atoms with Crippen molar-refractivity contribution in [2.45, 2.75) is 6.92 Å². The number of anilines is 1. The van der Waals surface area contributed by atoms with Crippen LogP contribution in [0.25, 0.3) is 0 Å². The number of aryl methyl sites for hydroxylation is 1. The van der Waals surface area contributed by atoms with E-state index in [2.05, 4.69) is 15.6 Å². The molecule has 0 aliphatic heterocycles. The van der Waals surface area contributed by atoms with Gasteiger partial charge >= 0.3 is 0 Å². The van der Waals surface area contributed by atoms with Gasteiger partial charge in [0.2, 0.25) is 0 Å². The molecule has 0 unspecified atom stereocenters. The molecule has 0 radical (unpaired) electrons. The molecule has 2 amide bonds. The fraction of sp³-hybridized carbons (Fsp3) is 0.235. The van der Waals surface area contributed by atoms with E-state index in [1.807, 2.05) is 31.2 Å². The number of amides is 2. The first-order chi connectivity index (χ1) is 11.1. The average Bonchev–Trinajstić information content (AvgIpc) is 2.55. The van der Waals surface area contributed by atoms with Gasteiger partial charge in [0.05, 0.1) is 6.61 Å². The molecular formula is C17H19N3O3. The highest BCUT2D eigenvalue weighted by molar-refractivity contribution is 6.05. The number of carbonyl (C=O) groups is 2.